The molecule has 0 radical (unpaired) electrons. The minimum absolute atomic E-state index is 0.0565. The van der Waals surface area contributed by atoms with Crippen molar-refractivity contribution in [2.45, 2.75) is 51.2 Å². The predicted molar refractivity (Wildman–Crippen MR) is 79.2 cm³/mol. The molecule has 0 saturated heterocycles. The Labute approximate surface area is 129 Å². The first kappa shape index (κ1) is 16.7. The average Bonchev–Trinajstić information content (AvgIpc) is 3.28. The second kappa shape index (κ2) is 7.54. The van der Waals surface area contributed by atoms with Crippen molar-refractivity contribution in [3.63, 3.8) is 0 Å². The number of aliphatic hydroxyl groups excluding tert-OH is 1. The van der Waals surface area contributed by atoms with E-state index in [1.165, 1.54) is 12.1 Å². The molecule has 1 aromatic carbocycles. The zero-order valence-electron chi connectivity index (χ0n) is 12.7. The summed E-state index contributed by atoms with van der Waals surface area (Å²) in [6, 6.07) is 3.24. The first-order chi connectivity index (χ1) is 10.5. The van der Waals surface area contributed by atoms with Gasteiger partial charge in [0.1, 0.15) is 11.6 Å². The number of hydrogen-bond donors (Lipinski definition) is 2. The quantitative estimate of drug-likeness (QED) is 0.813. The highest BCUT2D eigenvalue weighted by Crippen LogP contribution is 2.29. The maximum atomic E-state index is 13.8. The first-order valence-corrected chi connectivity index (χ1v) is 7.63. The van der Waals surface area contributed by atoms with Gasteiger partial charge in [-0.25, -0.2) is 13.6 Å². The molecule has 1 atom stereocenters. The molecule has 22 heavy (non-hydrogen) atoms. The van der Waals surface area contributed by atoms with E-state index >= 15 is 0 Å². The average molecular weight is 312 g/mol. The van der Waals surface area contributed by atoms with Gasteiger partial charge in [-0.15, -0.1) is 0 Å². The van der Waals surface area contributed by atoms with E-state index in [1.807, 2.05) is 6.92 Å². The number of aliphatic hydroxyl groups is 1. The number of halogens is 2. The Kier molecular flexibility index (Phi) is 5.71. The van der Waals surface area contributed by atoms with Crippen molar-refractivity contribution in [2.24, 2.45) is 0 Å². The van der Waals surface area contributed by atoms with Gasteiger partial charge in [0, 0.05) is 30.3 Å². The fourth-order valence-electron chi connectivity index (χ4n) is 2.35. The molecule has 1 unspecified atom stereocenters. The molecule has 6 heteroatoms. The Morgan fingerprint density at radius 1 is 1.45 bits per heavy atom. The Morgan fingerprint density at radius 2 is 2.18 bits per heavy atom. The molecular weight excluding hydrogens is 290 g/mol. The van der Waals surface area contributed by atoms with Crippen LogP contribution in [0.4, 0.5) is 13.6 Å². The van der Waals surface area contributed by atoms with Crippen molar-refractivity contribution in [2.75, 3.05) is 6.61 Å². The number of carbonyl (C=O) groups is 1. The van der Waals surface area contributed by atoms with E-state index in [0.29, 0.717) is 18.4 Å². The van der Waals surface area contributed by atoms with Gasteiger partial charge in [0.05, 0.1) is 6.54 Å². The lowest BCUT2D eigenvalue weighted by molar-refractivity contribution is 0.186. The second-order valence-electron chi connectivity index (χ2n) is 5.81. The van der Waals surface area contributed by atoms with Crippen LogP contribution in [-0.2, 0) is 6.54 Å². The minimum atomic E-state index is -0.633. The molecule has 4 nitrogen and oxygen atoms in total. The topological polar surface area (TPSA) is 52.6 Å². The normalized spacial score (nSPS) is 15.5. The molecule has 1 aromatic rings. The highest BCUT2D eigenvalue weighted by atomic mass is 19.1. The number of carbonyl (C=O) groups excluding carboxylic acids is 1. The van der Waals surface area contributed by atoms with Gasteiger partial charge in [0.25, 0.3) is 0 Å². The number of urea groups is 1. The number of hydrogen-bond acceptors (Lipinski definition) is 2. The van der Waals surface area contributed by atoms with Gasteiger partial charge < -0.3 is 15.3 Å². The molecule has 0 aromatic heterocycles. The molecule has 122 valence electrons. The van der Waals surface area contributed by atoms with Crippen LogP contribution >= 0.6 is 0 Å². The molecule has 2 rings (SSSR count). The molecule has 1 aliphatic carbocycles. The van der Waals surface area contributed by atoms with Gasteiger partial charge in [-0.05, 0) is 38.7 Å². The van der Waals surface area contributed by atoms with Gasteiger partial charge >= 0.3 is 6.03 Å². The van der Waals surface area contributed by atoms with E-state index in [0.717, 1.165) is 18.9 Å². The number of nitrogens with zero attached hydrogens (tertiary/aromatic N) is 1. The lowest BCUT2D eigenvalue weighted by Gasteiger charge is -2.25. The summed E-state index contributed by atoms with van der Waals surface area (Å²) in [6.45, 7) is 2.10. The summed E-state index contributed by atoms with van der Waals surface area (Å²) in [5.74, 6) is -1.26. The summed E-state index contributed by atoms with van der Waals surface area (Å²) in [6.07, 6.45) is 3.12. The standard InChI is InChI=1S/C16H22F2N2O2/c1-11(3-2-8-21)19-16(22)20(14-6-7-14)10-12-4-5-13(17)9-15(12)18/h4-5,9,11,14,21H,2-3,6-8,10H2,1H3,(H,19,22). The third-order valence-electron chi connectivity index (χ3n) is 3.77. The van der Waals surface area contributed by atoms with Gasteiger partial charge in [-0.2, -0.15) is 0 Å². The Morgan fingerprint density at radius 3 is 2.77 bits per heavy atom. The van der Waals surface area contributed by atoms with Crippen molar-refractivity contribution < 1.29 is 18.7 Å². The number of benzene rings is 1. The summed E-state index contributed by atoms with van der Waals surface area (Å²) in [4.78, 5) is 13.9. The van der Waals surface area contributed by atoms with Crippen LogP contribution in [0.3, 0.4) is 0 Å². The van der Waals surface area contributed by atoms with Crippen molar-refractivity contribution in [1.82, 2.24) is 10.2 Å². The third-order valence-corrected chi connectivity index (χ3v) is 3.77. The van der Waals surface area contributed by atoms with Crippen molar-refractivity contribution in [1.29, 1.82) is 0 Å². The van der Waals surface area contributed by atoms with Gasteiger partial charge in [0.15, 0.2) is 0 Å². The SMILES string of the molecule is CC(CCCO)NC(=O)N(Cc1ccc(F)cc1F)C1CC1. The highest BCUT2D eigenvalue weighted by molar-refractivity contribution is 5.75. The van der Waals surface area contributed by atoms with E-state index in [-0.39, 0.29) is 31.3 Å². The number of rotatable bonds is 7. The fourth-order valence-corrected chi connectivity index (χ4v) is 2.35. The summed E-state index contributed by atoms with van der Waals surface area (Å²) < 4.78 is 26.7. The fraction of sp³-hybridized carbons (Fsp3) is 0.562. The Bertz CT molecular complexity index is 521. The molecule has 0 aliphatic heterocycles. The van der Waals surface area contributed by atoms with Crippen molar-refractivity contribution >= 4 is 6.03 Å². The molecule has 0 spiro atoms. The zero-order chi connectivity index (χ0) is 16.1. The van der Waals surface area contributed by atoms with E-state index in [9.17, 15) is 13.6 Å². The largest absolute Gasteiger partial charge is 0.396 e. The zero-order valence-corrected chi connectivity index (χ0v) is 12.7. The van der Waals surface area contributed by atoms with E-state index < -0.39 is 11.6 Å². The van der Waals surface area contributed by atoms with Crippen LogP contribution in [0.2, 0.25) is 0 Å². The van der Waals surface area contributed by atoms with Gasteiger partial charge in [0.2, 0.25) is 0 Å². The van der Waals surface area contributed by atoms with Gasteiger partial charge in [-0.3, -0.25) is 0 Å². The molecule has 1 aliphatic rings. The molecule has 2 amide bonds. The summed E-state index contributed by atoms with van der Waals surface area (Å²) in [5.41, 5.74) is 0.312. The smallest absolute Gasteiger partial charge is 0.318 e. The Hall–Kier alpha value is -1.69. The van der Waals surface area contributed by atoms with Crippen LogP contribution in [0, 0.1) is 11.6 Å². The maximum Gasteiger partial charge on any atom is 0.318 e. The van der Waals surface area contributed by atoms with Crippen LogP contribution in [-0.4, -0.2) is 34.7 Å². The first-order valence-electron chi connectivity index (χ1n) is 7.63. The maximum absolute atomic E-state index is 13.8. The molecule has 0 heterocycles. The minimum Gasteiger partial charge on any atom is -0.396 e. The number of amides is 2. The van der Waals surface area contributed by atoms with Crippen molar-refractivity contribution in [3.8, 4) is 0 Å². The van der Waals surface area contributed by atoms with Crippen LogP contribution in [0.15, 0.2) is 18.2 Å². The number of nitrogens with one attached hydrogen (secondary N) is 1. The summed E-state index contributed by atoms with van der Waals surface area (Å²) >= 11 is 0. The lowest BCUT2D eigenvalue weighted by atomic mass is 10.2. The summed E-state index contributed by atoms with van der Waals surface area (Å²) in [7, 11) is 0. The molecule has 1 saturated carbocycles. The lowest BCUT2D eigenvalue weighted by Crippen LogP contribution is -2.44. The monoisotopic (exact) mass is 312 g/mol. The third kappa shape index (κ3) is 4.66. The van der Waals surface area contributed by atoms with E-state index in [2.05, 4.69) is 5.32 Å². The Balaban J connectivity index is 1.99. The van der Waals surface area contributed by atoms with Crippen LogP contribution in [0.5, 0.6) is 0 Å². The second-order valence-corrected chi connectivity index (χ2v) is 5.81. The molecule has 0 bridgehead atoms. The van der Waals surface area contributed by atoms with Crippen molar-refractivity contribution in [3.05, 3.63) is 35.4 Å². The molecule has 2 N–H and O–H groups in total. The molecular formula is C16H22F2N2O2. The van der Waals surface area contributed by atoms with Crippen LogP contribution < -0.4 is 5.32 Å². The van der Waals surface area contributed by atoms with Crippen LogP contribution in [0.1, 0.15) is 38.2 Å². The van der Waals surface area contributed by atoms with Crippen LogP contribution in [0.25, 0.3) is 0 Å². The highest BCUT2D eigenvalue weighted by Gasteiger charge is 2.33. The van der Waals surface area contributed by atoms with E-state index in [1.54, 1.807) is 4.90 Å². The van der Waals surface area contributed by atoms with E-state index in [4.69, 9.17) is 5.11 Å². The van der Waals surface area contributed by atoms with Gasteiger partial charge in [-0.1, -0.05) is 6.07 Å². The molecule has 1 fully saturated rings. The summed E-state index contributed by atoms with van der Waals surface area (Å²) in [5, 5.41) is 11.7. The predicted octanol–water partition coefficient (Wildman–Crippen LogP) is 2.80.